The highest BCUT2D eigenvalue weighted by atomic mass is 32.1. The van der Waals surface area contributed by atoms with E-state index in [4.69, 9.17) is 4.74 Å². The lowest BCUT2D eigenvalue weighted by Gasteiger charge is -2.45. The Balaban J connectivity index is 0.972. The number of aromatic nitrogens is 3. The number of likely N-dealkylation sites (tertiary alicyclic amines) is 1. The quantitative estimate of drug-likeness (QED) is 0.177. The second-order valence-electron chi connectivity index (χ2n) is 10.5. The highest BCUT2D eigenvalue weighted by Gasteiger charge is 2.52. The lowest BCUT2D eigenvalue weighted by Crippen LogP contribution is -2.48. The Labute approximate surface area is 228 Å². The van der Waals surface area contributed by atoms with Gasteiger partial charge in [0.05, 0.1) is 15.3 Å². The molecule has 1 N–H and O–H groups in total. The van der Waals surface area contributed by atoms with Crippen molar-refractivity contribution in [1.29, 1.82) is 0 Å². The molecular formula is C28H30N4O4S2. The number of aliphatic hydroxyl groups is 1. The number of unbranched alkanes of at least 4 members (excludes halogenated alkanes) is 1. The average molecular weight is 551 g/mol. The van der Waals surface area contributed by atoms with Crippen LogP contribution in [0, 0.1) is 5.41 Å². The lowest BCUT2D eigenvalue weighted by atomic mass is 9.66. The van der Waals surface area contributed by atoms with Gasteiger partial charge in [-0.3, -0.25) is 4.79 Å². The molecule has 0 unspecified atom stereocenters. The number of nitrogens with zero attached hydrogens (tertiary/aromatic N) is 4. The van der Waals surface area contributed by atoms with Crippen molar-refractivity contribution in [2.45, 2.75) is 50.4 Å². The number of carbonyl (C=O) groups is 2. The van der Waals surface area contributed by atoms with Gasteiger partial charge in [-0.25, -0.2) is 9.48 Å². The molecule has 2 aliphatic rings. The summed E-state index contributed by atoms with van der Waals surface area (Å²) in [6.07, 6.45) is 5.58. The fraction of sp³-hybridized carbons (Fsp3) is 0.429. The monoisotopic (exact) mass is 550 g/mol. The van der Waals surface area contributed by atoms with Crippen LogP contribution in [-0.2, 0) is 21.7 Å². The number of ether oxygens (including phenoxy) is 1. The van der Waals surface area contributed by atoms with Crippen molar-refractivity contribution in [2.75, 3.05) is 19.6 Å². The predicted molar refractivity (Wildman–Crippen MR) is 146 cm³/mol. The molecule has 38 heavy (non-hydrogen) atoms. The molecule has 10 heteroatoms. The maximum atomic E-state index is 13.2. The van der Waals surface area contributed by atoms with Crippen molar-refractivity contribution in [2.24, 2.45) is 5.41 Å². The molecule has 1 aromatic carbocycles. The van der Waals surface area contributed by atoms with Gasteiger partial charge in [0.15, 0.2) is 0 Å². The molecule has 1 aliphatic carbocycles. The number of thiophene rings is 2. The molecule has 198 valence electrons. The Morgan fingerprint density at radius 1 is 1.13 bits per heavy atom. The van der Waals surface area contributed by atoms with Crippen LogP contribution in [0.5, 0.6) is 0 Å². The second kappa shape index (κ2) is 10.3. The van der Waals surface area contributed by atoms with Gasteiger partial charge in [0.1, 0.15) is 17.9 Å². The molecule has 4 heterocycles. The summed E-state index contributed by atoms with van der Waals surface area (Å²) in [5, 5.41) is 23.6. The fourth-order valence-corrected chi connectivity index (χ4v) is 7.61. The summed E-state index contributed by atoms with van der Waals surface area (Å²) in [7, 11) is 0. The van der Waals surface area contributed by atoms with Crippen molar-refractivity contribution in [3.05, 3.63) is 68.5 Å². The van der Waals surface area contributed by atoms with Crippen LogP contribution in [-0.4, -0.2) is 63.0 Å². The van der Waals surface area contributed by atoms with E-state index in [1.807, 2.05) is 33.6 Å². The van der Waals surface area contributed by atoms with Crippen LogP contribution in [0.2, 0.25) is 0 Å². The summed E-state index contributed by atoms with van der Waals surface area (Å²) >= 11 is 2.73. The molecule has 0 bridgehead atoms. The summed E-state index contributed by atoms with van der Waals surface area (Å²) in [5.74, 6) is -0.569. The van der Waals surface area contributed by atoms with E-state index in [1.165, 1.54) is 22.7 Å². The zero-order valence-corrected chi connectivity index (χ0v) is 22.6. The van der Waals surface area contributed by atoms with E-state index in [0.717, 1.165) is 75.6 Å². The number of esters is 1. The van der Waals surface area contributed by atoms with Crippen LogP contribution in [0.1, 0.15) is 52.2 Å². The molecule has 8 nitrogen and oxygen atoms in total. The van der Waals surface area contributed by atoms with Gasteiger partial charge in [-0.05, 0) is 91.7 Å². The maximum absolute atomic E-state index is 13.2. The van der Waals surface area contributed by atoms with E-state index in [2.05, 4.69) is 15.2 Å². The third kappa shape index (κ3) is 4.70. The molecule has 2 fully saturated rings. The molecule has 3 aromatic heterocycles. The third-order valence-electron chi connectivity index (χ3n) is 7.93. The predicted octanol–water partition coefficient (Wildman–Crippen LogP) is 4.48. The SMILES string of the molecule is O=Cc1ccc2c(c1)nnn2CCCCN1CCC2(CC(OC(=O)C(O)(c3cccs3)c3cccs3)C2)C1. The Hall–Kier alpha value is -2.92. The minimum atomic E-state index is -1.74. The van der Waals surface area contributed by atoms with Crippen molar-refractivity contribution < 1.29 is 19.4 Å². The number of aryl methyl sites for hydroxylation is 1. The summed E-state index contributed by atoms with van der Waals surface area (Å²) in [5.41, 5.74) is 0.796. The normalized spacial score (nSPS) is 21.7. The standard InChI is InChI=1S/C28H30N4O4S2/c33-18-20-7-8-23-22(15-20)29-30-32(23)11-2-1-10-31-12-9-27(19-31)16-21(17-27)36-26(34)28(35,24-5-3-13-37-24)25-6-4-14-38-25/h3-8,13-15,18,21,35H,1-2,9-12,16-17,19H2. The minimum absolute atomic E-state index is 0.144. The van der Waals surface area contributed by atoms with Crippen molar-refractivity contribution in [1.82, 2.24) is 19.9 Å². The maximum Gasteiger partial charge on any atom is 0.349 e. The Kier molecular flexibility index (Phi) is 6.90. The first-order valence-electron chi connectivity index (χ1n) is 13.0. The summed E-state index contributed by atoms with van der Waals surface area (Å²) in [4.78, 5) is 27.9. The fourth-order valence-electron chi connectivity index (χ4n) is 5.89. The number of carbonyl (C=O) groups excluding carboxylic acids is 2. The van der Waals surface area contributed by atoms with Gasteiger partial charge in [-0.2, -0.15) is 0 Å². The number of aldehydes is 1. The Morgan fingerprint density at radius 2 is 1.87 bits per heavy atom. The van der Waals surface area contributed by atoms with Crippen LogP contribution in [0.4, 0.5) is 0 Å². The summed E-state index contributed by atoms with van der Waals surface area (Å²) < 4.78 is 7.79. The van der Waals surface area contributed by atoms with Gasteiger partial charge in [-0.1, -0.05) is 17.3 Å². The van der Waals surface area contributed by atoms with Gasteiger partial charge in [0.25, 0.3) is 0 Å². The zero-order chi connectivity index (χ0) is 26.2. The van der Waals surface area contributed by atoms with Crippen LogP contribution in [0.3, 0.4) is 0 Å². The van der Waals surface area contributed by atoms with Crippen LogP contribution in [0.15, 0.2) is 53.2 Å². The number of benzene rings is 1. The second-order valence-corrected chi connectivity index (χ2v) is 12.4. The molecule has 1 spiro atoms. The van der Waals surface area contributed by atoms with Gasteiger partial charge in [-0.15, -0.1) is 27.8 Å². The van der Waals surface area contributed by atoms with E-state index < -0.39 is 11.6 Å². The molecule has 6 rings (SSSR count). The lowest BCUT2D eigenvalue weighted by molar-refractivity contribution is -0.178. The zero-order valence-electron chi connectivity index (χ0n) is 21.0. The van der Waals surface area contributed by atoms with Gasteiger partial charge < -0.3 is 14.7 Å². The molecule has 0 radical (unpaired) electrons. The molecule has 1 saturated carbocycles. The minimum Gasteiger partial charge on any atom is -0.460 e. The number of hydrogen-bond donors (Lipinski definition) is 1. The molecular weight excluding hydrogens is 520 g/mol. The molecule has 0 amide bonds. The van der Waals surface area contributed by atoms with Gasteiger partial charge >= 0.3 is 5.97 Å². The summed E-state index contributed by atoms with van der Waals surface area (Å²) in [6.45, 7) is 3.92. The van der Waals surface area contributed by atoms with Crippen molar-refractivity contribution in [3.8, 4) is 0 Å². The molecule has 0 atom stereocenters. The first-order chi connectivity index (χ1) is 18.5. The van der Waals surface area contributed by atoms with E-state index in [-0.39, 0.29) is 11.5 Å². The number of hydrogen-bond acceptors (Lipinski definition) is 9. The molecule has 4 aromatic rings. The van der Waals surface area contributed by atoms with Crippen LogP contribution >= 0.6 is 22.7 Å². The van der Waals surface area contributed by atoms with Crippen molar-refractivity contribution in [3.63, 3.8) is 0 Å². The van der Waals surface area contributed by atoms with E-state index >= 15 is 0 Å². The number of rotatable bonds is 10. The van der Waals surface area contributed by atoms with Crippen molar-refractivity contribution >= 4 is 46.0 Å². The highest BCUT2D eigenvalue weighted by Crippen LogP contribution is 2.50. The number of fused-ring (bicyclic) bond motifs is 1. The third-order valence-corrected chi connectivity index (χ3v) is 9.89. The van der Waals surface area contributed by atoms with Crippen LogP contribution < -0.4 is 0 Å². The van der Waals surface area contributed by atoms with Gasteiger partial charge in [0.2, 0.25) is 5.60 Å². The van der Waals surface area contributed by atoms with E-state index in [1.54, 1.807) is 24.3 Å². The van der Waals surface area contributed by atoms with Gasteiger partial charge in [0, 0.05) is 18.7 Å². The Morgan fingerprint density at radius 3 is 2.55 bits per heavy atom. The Bertz CT molecular complexity index is 1380. The topological polar surface area (TPSA) is 97.5 Å². The molecule has 1 saturated heterocycles. The van der Waals surface area contributed by atoms with Crippen LogP contribution in [0.25, 0.3) is 11.0 Å². The largest absolute Gasteiger partial charge is 0.460 e. The van der Waals surface area contributed by atoms with E-state index in [0.29, 0.717) is 15.3 Å². The van der Waals surface area contributed by atoms with E-state index in [9.17, 15) is 14.7 Å². The first-order valence-corrected chi connectivity index (χ1v) is 14.8. The average Bonchev–Trinajstić information content (AvgIpc) is 3.73. The summed E-state index contributed by atoms with van der Waals surface area (Å²) in [6, 6.07) is 12.7. The molecule has 1 aliphatic heterocycles. The first kappa shape index (κ1) is 25.4. The highest BCUT2D eigenvalue weighted by molar-refractivity contribution is 7.12. The smallest absolute Gasteiger partial charge is 0.349 e.